The zero-order valence-corrected chi connectivity index (χ0v) is 13.4. The van der Waals surface area contributed by atoms with Gasteiger partial charge in [-0.3, -0.25) is 4.79 Å². The monoisotopic (exact) mass is 329 g/mol. The quantitative estimate of drug-likeness (QED) is 0.917. The molecule has 6 heteroatoms. The summed E-state index contributed by atoms with van der Waals surface area (Å²) in [4.78, 5) is 13.2. The van der Waals surface area contributed by atoms with E-state index in [1.165, 1.54) is 0 Å². The molecule has 1 N–H and O–H groups in total. The molecule has 0 bridgehead atoms. The first-order chi connectivity index (χ1) is 10.6. The number of amides is 1. The Morgan fingerprint density at radius 3 is 2.39 bits per heavy atom. The minimum atomic E-state index is -4.38. The molecule has 0 radical (unpaired) electrons. The Morgan fingerprint density at radius 1 is 1.26 bits per heavy atom. The van der Waals surface area contributed by atoms with Gasteiger partial charge in [0, 0.05) is 12.1 Å². The molecule has 3 nitrogen and oxygen atoms in total. The third-order valence-corrected chi connectivity index (χ3v) is 4.12. The first-order valence-corrected chi connectivity index (χ1v) is 7.77. The number of halogens is 3. The number of hydrogen-bond donors (Lipinski definition) is 1. The molecule has 0 aromatic heterocycles. The highest BCUT2D eigenvalue weighted by Gasteiger charge is 2.47. The molecule has 1 aliphatic heterocycles. The summed E-state index contributed by atoms with van der Waals surface area (Å²) in [5.74, 6) is -0.570. The number of hydrogen-bond acceptors (Lipinski definition) is 2. The van der Waals surface area contributed by atoms with Gasteiger partial charge in [0.25, 0.3) is 5.91 Å². The number of benzene rings is 1. The zero-order valence-electron chi connectivity index (χ0n) is 13.4. The summed E-state index contributed by atoms with van der Waals surface area (Å²) >= 11 is 0. The molecule has 1 atom stereocenters. The summed E-state index contributed by atoms with van der Waals surface area (Å²) in [5, 5.41) is 9.70. The van der Waals surface area contributed by atoms with Crippen molar-refractivity contribution in [2.75, 3.05) is 6.54 Å². The lowest BCUT2D eigenvalue weighted by atomic mass is 9.98. The average molecular weight is 329 g/mol. The van der Waals surface area contributed by atoms with Crippen molar-refractivity contribution in [1.82, 2.24) is 4.90 Å². The zero-order chi connectivity index (χ0) is 17.3. The van der Waals surface area contributed by atoms with E-state index in [4.69, 9.17) is 0 Å². The minimum absolute atomic E-state index is 0.0289. The smallest absolute Gasteiger partial charge is 0.390 e. The molecule has 1 heterocycles. The van der Waals surface area contributed by atoms with Crippen LogP contribution in [0.15, 0.2) is 24.3 Å². The van der Waals surface area contributed by atoms with Crippen molar-refractivity contribution < 1.29 is 23.1 Å². The van der Waals surface area contributed by atoms with Crippen LogP contribution >= 0.6 is 0 Å². The first kappa shape index (κ1) is 17.8. The van der Waals surface area contributed by atoms with E-state index in [2.05, 4.69) is 0 Å². The van der Waals surface area contributed by atoms with Gasteiger partial charge in [0.1, 0.15) is 6.04 Å². The topological polar surface area (TPSA) is 40.5 Å². The van der Waals surface area contributed by atoms with E-state index in [1.54, 1.807) is 38.1 Å². The fraction of sp³-hybridized carbons (Fsp3) is 0.588. The largest absolute Gasteiger partial charge is 0.408 e. The highest BCUT2D eigenvalue weighted by Crippen LogP contribution is 2.33. The highest BCUT2D eigenvalue weighted by atomic mass is 19.4. The van der Waals surface area contributed by atoms with E-state index < -0.39 is 23.7 Å². The van der Waals surface area contributed by atoms with E-state index in [0.717, 1.165) is 10.5 Å². The van der Waals surface area contributed by atoms with Crippen LogP contribution in [0, 0.1) is 0 Å². The molecule has 2 rings (SSSR count). The number of aliphatic hydroxyl groups is 1. The van der Waals surface area contributed by atoms with Gasteiger partial charge in [-0.2, -0.15) is 13.2 Å². The van der Waals surface area contributed by atoms with Gasteiger partial charge in [0.05, 0.1) is 5.60 Å². The van der Waals surface area contributed by atoms with Gasteiger partial charge in [-0.15, -0.1) is 0 Å². The Bertz CT molecular complexity index is 546. The van der Waals surface area contributed by atoms with Crippen LogP contribution in [-0.2, 0) is 6.42 Å². The maximum absolute atomic E-state index is 12.9. The Kier molecular flexibility index (Phi) is 5.04. The lowest BCUT2D eigenvalue weighted by Crippen LogP contribution is -2.44. The second-order valence-corrected chi connectivity index (χ2v) is 6.71. The minimum Gasteiger partial charge on any atom is -0.390 e. The molecule has 1 aromatic rings. The molecule has 0 aliphatic carbocycles. The number of nitrogens with zero attached hydrogens (tertiary/aromatic N) is 1. The fourth-order valence-electron chi connectivity index (χ4n) is 2.78. The van der Waals surface area contributed by atoms with E-state index >= 15 is 0 Å². The van der Waals surface area contributed by atoms with Gasteiger partial charge in [0.15, 0.2) is 0 Å². The van der Waals surface area contributed by atoms with Crippen molar-refractivity contribution in [1.29, 1.82) is 0 Å². The molecule has 0 unspecified atom stereocenters. The van der Waals surface area contributed by atoms with Gasteiger partial charge in [0.2, 0.25) is 0 Å². The maximum atomic E-state index is 12.9. The van der Waals surface area contributed by atoms with Gasteiger partial charge in [-0.1, -0.05) is 12.1 Å². The first-order valence-electron chi connectivity index (χ1n) is 7.77. The van der Waals surface area contributed by atoms with Crippen LogP contribution in [0.1, 0.15) is 49.0 Å². The second kappa shape index (κ2) is 6.51. The van der Waals surface area contributed by atoms with E-state index in [0.29, 0.717) is 19.3 Å². The Balaban J connectivity index is 2.05. The number of carbonyl (C=O) groups excluding carboxylic acids is 1. The lowest BCUT2D eigenvalue weighted by molar-refractivity contribution is -0.169. The van der Waals surface area contributed by atoms with Gasteiger partial charge in [-0.05, 0) is 57.2 Å². The summed E-state index contributed by atoms with van der Waals surface area (Å²) < 4.78 is 38.8. The molecule has 1 aliphatic rings. The highest BCUT2D eigenvalue weighted by molar-refractivity contribution is 5.94. The molecule has 1 amide bonds. The summed E-state index contributed by atoms with van der Waals surface area (Å²) in [6, 6.07) is 4.92. The molecule has 23 heavy (non-hydrogen) atoms. The molecule has 0 saturated carbocycles. The number of alkyl halides is 3. The van der Waals surface area contributed by atoms with Gasteiger partial charge < -0.3 is 10.0 Å². The lowest BCUT2D eigenvalue weighted by Gasteiger charge is -2.26. The third kappa shape index (κ3) is 4.70. The van der Waals surface area contributed by atoms with E-state index in [9.17, 15) is 23.1 Å². The number of likely N-dealkylation sites (tertiary alicyclic amines) is 1. The summed E-state index contributed by atoms with van der Waals surface area (Å²) in [5.41, 5.74) is 0.440. The molecule has 1 aromatic carbocycles. The Hall–Kier alpha value is -1.56. The predicted octanol–water partition coefficient (Wildman–Crippen LogP) is 3.56. The van der Waals surface area contributed by atoms with E-state index in [-0.39, 0.29) is 18.5 Å². The van der Waals surface area contributed by atoms with Crippen LogP contribution in [0.25, 0.3) is 0 Å². The average Bonchev–Trinajstić information content (AvgIpc) is 2.93. The van der Waals surface area contributed by atoms with Crippen LogP contribution in [-0.4, -0.2) is 40.3 Å². The molecule has 0 spiro atoms. The molecular weight excluding hydrogens is 307 g/mol. The number of aryl methyl sites for hydroxylation is 1. The number of rotatable bonds is 4. The van der Waals surface area contributed by atoms with Crippen LogP contribution in [0.3, 0.4) is 0 Å². The molecule has 1 fully saturated rings. The third-order valence-electron chi connectivity index (χ3n) is 4.12. The summed E-state index contributed by atoms with van der Waals surface area (Å²) in [7, 11) is 0. The summed E-state index contributed by atoms with van der Waals surface area (Å²) in [6.07, 6.45) is -2.81. The molecular formula is C17H22F3NO2. The van der Waals surface area contributed by atoms with Crippen molar-refractivity contribution >= 4 is 5.91 Å². The number of carbonyl (C=O) groups is 1. The van der Waals surface area contributed by atoms with Crippen LogP contribution in [0.4, 0.5) is 13.2 Å². The van der Waals surface area contributed by atoms with Crippen molar-refractivity contribution in [2.24, 2.45) is 0 Å². The van der Waals surface area contributed by atoms with Crippen molar-refractivity contribution in [3.8, 4) is 0 Å². The van der Waals surface area contributed by atoms with Crippen LogP contribution < -0.4 is 0 Å². The summed E-state index contributed by atoms with van der Waals surface area (Å²) in [6.45, 7) is 3.58. The van der Waals surface area contributed by atoms with Crippen molar-refractivity contribution in [3.63, 3.8) is 0 Å². The predicted molar refractivity (Wildman–Crippen MR) is 81.2 cm³/mol. The fourth-order valence-corrected chi connectivity index (χ4v) is 2.78. The van der Waals surface area contributed by atoms with Crippen molar-refractivity contribution in [3.05, 3.63) is 35.4 Å². The Labute approximate surface area is 134 Å². The molecule has 1 saturated heterocycles. The standard InChI is InChI=1S/C17H22F3NO2/c1-16(2,23)10-9-12-5-7-13(8-6-12)15(22)21-11-3-4-14(21)17(18,19)20/h5-8,14,23H,3-4,9-11H2,1-2H3/t14-/m1/s1. The van der Waals surface area contributed by atoms with Crippen LogP contribution in [0.2, 0.25) is 0 Å². The SMILES string of the molecule is CC(C)(O)CCc1ccc(C(=O)N2CCC[C@@H]2C(F)(F)F)cc1. The second-order valence-electron chi connectivity index (χ2n) is 6.71. The molecule has 128 valence electrons. The Morgan fingerprint density at radius 2 is 1.87 bits per heavy atom. The van der Waals surface area contributed by atoms with Crippen LogP contribution in [0.5, 0.6) is 0 Å². The van der Waals surface area contributed by atoms with Crippen molar-refractivity contribution in [2.45, 2.75) is 57.3 Å². The van der Waals surface area contributed by atoms with Gasteiger partial charge in [-0.25, -0.2) is 0 Å². The normalized spacial score (nSPS) is 19.2. The van der Waals surface area contributed by atoms with Gasteiger partial charge >= 0.3 is 6.18 Å². The van der Waals surface area contributed by atoms with E-state index in [1.807, 2.05) is 0 Å². The maximum Gasteiger partial charge on any atom is 0.408 e.